The molecule has 1 N–H and O–H groups in total. The van der Waals surface area contributed by atoms with Crippen LogP contribution in [-0.2, 0) is 19.6 Å². The molecule has 0 aromatic heterocycles. The van der Waals surface area contributed by atoms with Crippen molar-refractivity contribution in [1.82, 2.24) is 4.31 Å². The molecule has 2 aromatic carbocycles. The van der Waals surface area contributed by atoms with Gasteiger partial charge in [-0.05, 0) is 56.5 Å². The van der Waals surface area contributed by atoms with Crippen LogP contribution in [0.2, 0.25) is 0 Å². The number of sulfonamides is 1. The van der Waals surface area contributed by atoms with Crippen LogP contribution in [0.3, 0.4) is 0 Å². The third-order valence-electron chi connectivity index (χ3n) is 6.23. The Hall–Kier alpha value is -3.24. The van der Waals surface area contributed by atoms with Gasteiger partial charge < -0.3 is 10.2 Å². The van der Waals surface area contributed by atoms with Gasteiger partial charge in [0.1, 0.15) is 12.6 Å². The van der Waals surface area contributed by atoms with Gasteiger partial charge in [-0.25, -0.2) is 12.7 Å². The molecule has 2 aliphatic rings. The first kappa shape index (κ1) is 23.9. The van der Waals surface area contributed by atoms with Gasteiger partial charge in [0.2, 0.25) is 21.8 Å². The quantitative estimate of drug-likeness (QED) is 0.632. The molecule has 180 valence electrons. The van der Waals surface area contributed by atoms with E-state index in [2.05, 4.69) is 5.32 Å². The lowest BCUT2D eigenvalue weighted by Gasteiger charge is -2.45. The number of anilines is 3. The van der Waals surface area contributed by atoms with Crippen molar-refractivity contribution >= 4 is 44.7 Å². The number of Topliss-reactive ketones (excluding diaryl/α,β-unsaturated/α-hetero) is 1. The molecule has 9 nitrogen and oxygen atoms in total. The number of nitrogens with one attached hydrogen (secondary N) is 1. The maximum absolute atomic E-state index is 13.4. The molecule has 2 amide bonds. The molecule has 0 bridgehead atoms. The maximum atomic E-state index is 13.4. The number of hydrogen-bond donors (Lipinski definition) is 1. The van der Waals surface area contributed by atoms with E-state index in [1.165, 1.54) is 32.0 Å². The second-order valence-electron chi connectivity index (χ2n) is 8.75. The number of fused-ring (bicyclic) bond motifs is 3. The Morgan fingerprint density at radius 1 is 1.09 bits per heavy atom. The number of nitrogens with zero attached hydrogens (tertiary/aromatic N) is 3. The van der Waals surface area contributed by atoms with Gasteiger partial charge in [-0.3, -0.25) is 19.3 Å². The van der Waals surface area contributed by atoms with Crippen molar-refractivity contribution in [2.24, 2.45) is 0 Å². The van der Waals surface area contributed by atoms with Crippen LogP contribution in [0, 0.1) is 0 Å². The summed E-state index contributed by atoms with van der Waals surface area (Å²) in [5.74, 6) is -0.785. The Kier molecular flexibility index (Phi) is 6.46. The fourth-order valence-electron chi connectivity index (χ4n) is 4.43. The number of carbonyl (C=O) groups excluding carboxylic acids is 3. The molecule has 4 rings (SSSR count). The Balaban J connectivity index is 1.68. The number of ketones is 1. The van der Waals surface area contributed by atoms with E-state index in [1.807, 2.05) is 4.90 Å². The van der Waals surface area contributed by atoms with Crippen LogP contribution < -0.4 is 15.1 Å². The van der Waals surface area contributed by atoms with Gasteiger partial charge in [-0.2, -0.15) is 0 Å². The molecule has 2 aliphatic heterocycles. The molecule has 0 unspecified atom stereocenters. The molecule has 0 radical (unpaired) electrons. The molecule has 1 saturated heterocycles. The van der Waals surface area contributed by atoms with Crippen LogP contribution in [0.5, 0.6) is 0 Å². The fourth-order valence-corrected chi connectivity index (χ4v) is 5.35. The minimum Gasteiger partial charge on any atom is -0.358 e. The molecule has 10 heteroatoms. The van der Waals surface area contributed by atoms with E-state index in [-0.39, 0.29) is 29.2 Å². The first-order valence-corrected chi connectivity index (χ1v) is 12.6. The summed E-state index contributed by atoms with van der Waals surface area (Å²) in [5, 5.41) is 2.75. The minimum absolute atomic E-state index is 0.0547. The normalized spacial score (nSPS) is 17.9. The zero-order valence-electron chi connectivity index (χ0n) is 19.4. The number of benzene rings is 2. The zero-order valence-corrected chi connectivity index (χ0v) is 20.3. The highest BCUT2D eigenvalue weighted by Gasteiger charge is 2.40. The molecule has 34 heavy (non-hydrogen) atoms. The summed E-state index contributed by atoms with van der Waals surface area (Å²) >= 11 is 0. The molecule has 2 heterocycles. The van der Waals surface area contributed by atoms with E-state index < -0.39 is 15.9 Å². The van der Waals surface area contributed by atoms with E-state index in [4.69, 9.17) is 0 Å². The minimum atomic E-state index is -3.73. The Labute approximate surface area is 199 Å². The summed E-state index contributed by atoms with van der Waals surface area (Å²) in [5.41, 5.74) is 2.06. The van der Waals surface area contributed by atoms with Crippen molar-refractivity contribution < 1.29 is 22.8 Å². The van der Waals surface area contributed by atoms with Gasteiger partial charge in [0.05, 0.1) is 16.3 Å². The summed E-state index contributed by atoms with van der Waals surface area (Å²) in [7, 11) is -0.835. The topological polar surface area (TPSA) is 107 Å². The summed E-state index contributed by atoms with van der Waals surface area (Å²) in [6.45, 7) is 1.87. The third kappa shape index (κ3) is 4.43. The fraction of sp³-hybridized carbons (Fsp3) is 0.375. The predicted octanol–water partition coefficient (Wildman–Crippen LogP) is 2.48. The van der Waals surface area contributed by atoms with Gasteiger partial charge >= 0.3 is 0 Å². The van der Waals surface area contributed by atoms with Gasteiger partial charge in [-0.15, -0.1) is 0 Å². The molecular weight excluding hydrogens is 456 g/mol. The van der Waals surface area contributed by atoms with Crippen molar-refractivity contribution in [2.75, 3.05) is 42.3 Å². The molecule has 0 saturated carbocycles. The second kappa shape index (κ2) is 9.19. The predicted molar refractivity (Wildman–Crippen MR) is 130 cm³/mol. The summed E-state index contributed by atoms with van der Waals surface area (Å²) in [6.07, 6.45) is 2.52. The summed E-state index contributed by atoms with van der Waals surface area (Å²) in [4.78, 5) is 41.5. The summed E-state index contributed by atoms with van der Waals surface area (Å²) in [6, 6.07) is 10.9. The van der Waals surface area contributed by atoms with Crippen LogP contribution in [0.4, 0.5) is 17.1 Å². The SMILES string of the molecule is CC(=O)c1cccc(NC(=O)CN2C(=O)[C@@H]3CCCCN3c3ccc(S(=O)(=O)N(C)C)cc32)c1. The highest BCUT2D eigenvalue weighted by molar-refractivity contribution is 7.89. The van der Waals surface area contributed by atoms with Gasteiger partial charge in [-0.1, -0.05) is 12.1 Å². The molecule has 1 atom stereocenters. The zero-order chi connectivity index (χ0) is 24.6. The lowest BCUT2D eigenvalue weighted by Crippen LogP contribution is -2.56. The Morgan fingerprint density at radius 3 is 2.56 bits per heavy atom. The lowest BCUT2D eigenvalue weighted by molar-refractivity contribution is -0.123. The van der Waals surface area contributed by atoms with E-state index in [9.17, 15) is 22.8 Å². The van der Waals surface area contributed by atoms with Crippen LogP contribution in [0.25, 0.3) is 0 Å². The van der Waals surface area contributed by atoms with Crippen molar-refractivity contribution in [1.29, 1.82) is 0 Å². The van der Waals surface area contributed by atoms with E-state index >= 15 is 0 Å². The second-order valence-corrected chi connectivity index (χ2v) is 10.9. The number of piperidine rings is 1. The highest BCUT2D eigenvalue weighted by Crippen LogP contribution is 2.40. The largest absolute Gasteiger partial charge is 0.358 e. The van der Waals surface area contributed by atoms with Gasteiger partial charge in [0.25, 0.3) is 0 Å². The molecular formula is C24H28N4O5S. The molecule has 0 spiro atoms. The molecule has 1 fully saturated rings. The monoisotopic (exact) mass is 484 g/mol. The van der Waals surface area contributed by atoms with Gasteiger partial charge in [0, 0.05) is 31.9 Å². The van der Waals surface area contributed by atoms with E-state index in [1.54, 1.807) is 36.4 Å². The van der Waals surface area contributed by atoms with Crippen LogP contribution >= 0.6 is 0 Å². The number of amides is 2. The third-order valence-corrected chi connectivity index (χ3v) is 8.05. The smallest absolute Gasteiger partial charge is 0.250 e. The Morgan fingerprint density at radius 2 is 1.85 bits per heavy atom. The average molecular weight is 485 g/mol. The van der Waals surface area contributed by atoms with E-state index in [0.717, 1.165) is 22.8 Å². The Bertz CT molecular complexity index is 1260. The van der Waals surface area contributed by atoms with Crippen LogP contribution in [-0.4, -0.2) is 63.5 Å². The highest BCUT2D eigenvalue weighted by atomic mass is 32.2. The van der Waals surface area contributed by atoms with Crippen molar-refractivity contribution in [3.63, 3.8) is 0 Å². The van der Waals surface area contributed by atoms with E-state index in [0.29, 0.717) is 29.9 Å². The van der Waals surface area contributed by atoms with Crippen molar-refractivity contribution in [3.8, 4) is 0 Å². The first-order valence-electron chi connectivity index (χ1n) is 11.1. The van der Waals surface area contributed by atoms with Gasteiger partial charge in [0.15, 0.2) is 5.78 Å². The van der Waals surface area contributed by atoms with Crippen LogP contribution in [0.1, 0.15) is 36.5 Å². The summed E-state index contributed by atoms with van der Waals surface area (Å²) < 4.78 is 26.6. The number of carbonyl (C=O) groups is 3. The number of rotatable bonds is 6. The van der Waals surface area contributed by atoms with Crippen molar-refractivity contribution in [3.05, 3.63) is 48.0 Å². The standard InChI is InChI=1S/C24H28N4O5S/c1-16(29)17-7-6-8-18(13-17)25-23(30)15-28-22-14-19(34(32,33)26(2)3)10-11-20(22)27-12-5-4-9-21(27)24(28)31/h6-8,10-11,13-14,21H,4-5,9,12,15H2,1-3H3,(H,25,30)/t21-/m0/s1. The lowest BCUT2D eigenvalue weighted by atomic mass is 9.96. The maximum Gasteiger partial charge on any atom is 0.250 e. The first-order chi connectivity index (χ1) is 16.1. The molecule has 2 aromatic rings. The van der Waals surface area contributed by atoms with Crippen molar-refractivity contribution in [2.45, 2.75) is 37.1 Å². The number of hydrogen-bond acceptors (Lipinski definition) is 6. The molecule has 0 aliphatic carbocycles. The average Bonchev–Trinajstić information content (AvgIpc) is 2.81. The van der Waals surface area contributed by atoms with Crippen LogP contribution in [0.15, 0.2) is 47.4 Å².